The van der Waals surface area contributed by atoms with Crippen LogP contribution in [0.3, 0.4) is 0 Å². The quantitative estimate of drug-likeness (QED) is 0.833. The maximum atomic E-state index is 13.6. The second-order valence-electron chi connectivity index (χ2n) is 5.24. The van der Waals surface area contributed by atoms with Crippen LogP contribution in [-0.2, 0) is 4.79 Å². The third kappa shape index (κ3) is 4.96. The molecule has 2 amide bonds. The summed E-state index contributed by atoms with van der Waals surface area (Å²) in [5, 5.41) is 0.176. The van der Waals surface area contributed by atoms with Crippen molar-refractivity contribution in [2.24, 2.45) is 0 Å². The minimum Gasteiger partial charge on any atom is -0.484 e. The van der Waals surface area contributed by atoms with E-state index < -0.39 is 17.6 Å². The van der Waals surface area contributed by atoms with Gasteiger partial charge in [0.2, 0.25) is 0 Å². The predicted octanol–water partition coefficient (Wildman–Crippen LogP) is 2.94. The Morgan fingerprint density at radius 1 is 1.08 bits per heavy atom. The number of rotatable bonds is 4. The number of ether oxygens (including phenoxy) is 1. The molecule has 0 aliphatic carbocycles. The summed E-state index contributed by atoms with van der Waals surface area (Å²) in [5.74, 6) is -1.58. The molecular weight excluding hydrogens is 335 g/mol. The van der Waals surface area contributed by atoms with Crippen molar-refractivity contribution in [2.45, 2.75) is 13.8 Å². The van der Waals surface area contributed by atoms with Crippen molar-refractivity contribution in [3.63, 3.8) is 0 Å². The van der Waals surface area contributed by atoms with E-state index in [0.29, 0.717) is 5.75 Å². The average Bonchev–Trinajstić information content (AvgIpc) is 2.49. The number of hydrogen-bond acceptors (Lipinski definition) is 3. The first-order valence-corrected chi connectivity index (χ1v) is 7.48. The molecule has 0 bridgehead atoms. The van der Waals surface area contributed by atoms with Gasteiger partial charge in [0.05, 0.1) is 5.56 Å². The number of amides is 2. The smallest absolute Gasteiger partial charge is 0.276 e. The van der Waals surface area contributed by atoms with Gasteiger partial charge >= 0.3 is 0 Å². The van der Waals surface area contributed by atoms with Gasteiger partial charge in [0.15, 0.2) is 6.61 Å². The summed E-state index contributed by atoms with van der Waals surface area (Å²) in [7, 11) is 0. The Hall–Kier alpha value is -2.60. The Morgan fingerprint density at radius 3 is 2.38 bits per heavy atom. The molecule has 0 heterocycles. The minimum absolute atomic E-state index is 0.176. The molecule has 0 aromatic heterocycles. The number of carbonyl (C=O) groups excluding carboxylic acids is 2. The van der Waals surface area contributed by atoms with Crippen LogP contribution in [0.15, 0.2) is 36.4 Å². The van der Waals surface area contributed by atoms with Crippen molar-refractivity contribution in [2.75, 3.05) is 6.61 Å². The highest BCUT2D eigenvalue weighted by molar-refractivity contribution is 6.30. The second-order valence-corrected chi connectivity index (χ2v) is 5.67. The second kappa shape index (κ2) is 7.79. The van der Waals surface area contributed by atoms with E-state index in [4.69, 9.17) is 16.3 Å². The first kappa shape index (κ1) is 17.7. The number of hydrogen-bond donors (Lipinski definition) is 2. The summed E-state index contributed by atoms with van der Waals surface area (Å²) in [4.78, 5) is 23.5. The summed E-state index contributed by atoms with van der Waals surface area (Å²) < 4.78 is 18.9. The van der Waals surface area contributed by atoms with Crippen LogP contribution in [0.5, 0.6) is 5.75 Å². The lowest BCUT2D eigenvalue weighted by atomic mass is 10.1. The predicted molar refractivity (Wildman–Crippen MR) is 88.4 cm³/mol. The van der Waals surface area contributed by atoms with E-state index in [1.165, 1.54) is 12.1 Å². The Balaban J connectivity index is 1.85. The van der Waals surface area contributed by atoms with Gasteiger partial charge in [-0.2, -0.15) is 0 Å². The Bertz CT molecular complexity index is 760. The molecule has 0 saturated heterocycles. The van der Waals surface area contributed by atoms with E-state index in [1.54, 1.807) is 12.1 Å². The van der Waals surface area contributed by atoms with E-state index in [9.17, 15) is 14.0 Å². The van der Waals surface area contributed by atoms with Crippen molar-refractivity contribution in [1.29, 1.82) is 0 Å². The van der Waals surface area contributed by atoms with Crippen molar-refractivity contribution >= 4 is 23.4 Å². The average molecular weight is 351 g/mol. The third-order valence-corrected chi connectivity index (χ3v) is 3.29. The number of hydrazine groups is 1. The van der Waals surface area contributed by atoms with E-state index in [-0.39, 0.29) is 17.2 Å². The van der Waals surface area contributed by atoms with Gasteiger partial charge < -0.3 is 4.74 Å². The highest BCUT2D eigenvalue weighted by Gasteiger charge is 2.13. The number of nitrogens with one attached hydrogen (secondary N) is 2. The molecule has 2 rings (SSSR count). The molecule has 2 aromatic carbocycles. The van der Waals surface area contributed by atoms with E-state index in [0.717, 1.165) is 17.2 Å². The molecule has 0 atom stereocenters. The van der Waals surface area contributed by atoms with Crippen LogP contribution < -0.4 is 15.6 Å². The number of benzene rings is 2. The Labute approximate surface area is 143 Å². The van der Waals surface area contributed by atoms with Crippen molar-refractivity contribution in [3.8, 4) is 5.75 Å². The molecule has 2 N–H and O–H groups in total. The fraction of sp³-hybridized carbons (Fsp3) is 0.176. The normalized spacial score (nSPS) is 10.2. The number of halogens is 2. The van der Waals surface area contributed by atoms with Crippen LogP contribution in [-0.4, -0.2) is 18.4 Å². The maximum absolute atomic E-state index is 13.6. The van der Waals surface area contributed by atoms with Gasteiger partial charge in [-0.25, -0.2) is 4.39 Å². The highest BCUT2D eigenvalue weighted by Crippen LogP contribution is 2.16. The van der Waals surface area contributed by atoms with E-state index in [2.05, 4.69) is 10.9 Å². The van der Waals surface area contributed by atoms with Crippen LogP contribution >= 0.6 is 11.6 Å². The fourth-order valence-electron chi connectivity index (χ4n) is 2.07. The van der Waals surface area contributed by atoms with Crippen LogP contribution in [0.25, 0.3) is 0 Å². The molecule has 0 radical (unpaired) electrons. The van der Waals surface area contributed by atoms with E-state index in [1.807, 2.05) is 19.9 Å². The minimum atomic E-state index is -0.788. The lowest BCUT2D eigenvalue weighted by Gasteiger charge is -2.10. The largest absolute Gasteiger partial charge is 0.484 e. The fourth-order valence-corrected chi connectivity index (χ4v) is 2.23. The zero-order chi connectivity index (χ0) is 17.7. The molecule has 2 aromatic rings. The van der Waals surface area contributed by atoms with Crippen molar-refractivity contribution in [3.05, 3.63) is 63.9 Å². The molecule has 0 fully saturated rings. The molecule has 0 spiro atoms. The summed E-state index contributed by atoms with van der Waals surface area (Å²) in [6, 6.07) is 9.19. The third-order valence-electron chi connectivity index (χ3n) is 3.06. The molecule has 24 heavy (non-hydrogen) atoms. The molecule has 0 aliphatic heterocycles. The molecular formula is C17H16ClFN2O3. The number of carbonyl (C=O) groups is 2. The van der Waals surface area contributed by atoms with Gasteiger partial charge in [-0.1, -0.05) is 17.7 Å². The molecule has 7 heteroatoms. The summed E-state index contributed by atoms with van der Waals surface area (Å²) in [5.41, 5.74) is 6.07. The molecule has 0 saturated carbocycles. The molecule has 5 nitrogen and oxygen atoms in total. The molecule has 126 valence electrons. The SMILES string of the molecule is Cc1cc(C)cc(OCC(=O)NNC(=O)c2ccc(Cl)cc2F)c1. The lowest BCUT2D eigenvalue weighted by molar-refractivity contribution is -0.123. The van der Waals surface area contributed by atoms with Crippen LogP contribution in [0.2, 0.25) is 5.02 Å². The molecule has 0 aliphatic rings. The van der Waals surface area contributed by atoms with Gasteiger partial charge in [0.25, 0.3) is 11.8 Å². The summed E-state index contributed by atoms with van der Waals surface area (Å²) in [6.45, 7) is 3.55. The summed E-state index contributed by atoms with van der Waals surface area (Å²) in [6.07, 6.45) is 0. The number of aryl methyl sites for hydroxylation is 2. The van der Waals surface area contributed by atoms with Gasteiger partial charge in [-0.15, -0.1) is 0 Å². The highest BCUT2D eigenvalue weighted by atomic mass is 35.5. The monoisotopic (exact) mass is 350 g/mol. The zero-order valence-corrected chi connectivity index (χ0v) is 13.9. The van der Waals surface area contributed by atoms with Crippen molar-refractivity contribution in [1.82, 2.24) is 10.9 Å². The van der Waals surface area contributed by atoms with Gasteiger partial charge in [-0.3, -0.25) is 20.4 Å². The van der Waals surface area contributed by atoms with E-state index >= 15 is 0 Å². The van der Waals surface area contributed by atoms with Crippen molar-refractivity contribution < 1.29 is 18.7 Å². The topological polar surface area (TPSA) is 67.4 Å². The molecule has 0 unspecified atom stereocenters. The van der Waals surface area contributed by atoms with Gasteiger partial charge in [0, 0.05) is 5.02 Å². The standard InChI is InChI=1S/C17H16ClFN2O3/c1-10-5-11(2)7-13(6-10)24-9-16(22)20-21-17(23)14-4-3-12(18)8-15(14)19/h3-8H,9H2,1-2H3,(H,20,22)(H,21,23). The van der Waals surface area contributed by atoms with Crippen LogP contribution in [0, 0.1) is 19.7 Å². The van der Waals surface area contributed by atoms with Crippen LogP contribution in [0.4, 0.5) is 4.39 Å². The van der Waals surface area contributed by atoms with Crippen LogP contribution in [0.1, 0.15) is 21.5 Å². The van der Waals surface area contributed by atoms with Gasteiger partial charge in [0.1, 0.15) is 11.6 Å². The Kier molecular flexibility index (Phi) is 5.76. The summed E-state index contributed by atoms with van der Waals surface area (Å²) >= 11 is 5.61. The first-order chi connectivity index (χ1) is 11.3. The van der Waals surface area contributed by atoms with Gasteiger partial charge in [-0.05, 0) is 55.3 Å². The maximum Gasteiger partial charge on any atom is 0.276 e. The Morgan fingerprint density at radius 2 is 1.75 bits per heavy atom. The zero-order valence-electron chi connectivity index (χ0n) is 13.2. The first-order valence-electron chi connectivity index (χ1n) is 7.10. The lowest BCUT2D eigenvalue weighted by Crippen LogP contribution is -2.44.